The number of aromatic nitrogens is 1. The topological polar surface area (TPSA) is 12.9 Å². The van der Waals surface area contributed by atoms with Crippen molar-refractivity contribution in [2.75, 3.05) is 0 Å². The van der Waals surface area contributed by atoms with Crippen LogP contribution in [0.1, 0.15) is 17.2 Å². The van der Waals surface area contributed by atoms with Gasteiger partial charge in [-0.2, -0.15) is 13.2 Å². The van der Waals surface area contributed by atoms with E-state index in [1.165, 1.54) is 18.2 Å². The van der Waals surface area contributed by atoms with Gasteiger partial charge in [0.2, 0.25) is 0 Å². The molecular weight excluding hydrogens is 275 g/mol. The first-order chi connectivity index (χ1) is 10.1. The third-order valence-corrected chi connectivity index (χ3v) is 3.31. The highest BCUT2D eigenvalue weighted by Crippen LogP contribution is 2.39. The molecule has 1 radical (unpaired) electrons. The zero-order chi connectivity index (χ0) is 14.9. The Morgan fingerprint density at radius 1 is 0.952 bits per heavy atom. The quantitative estimate of drug-likeness (QED) is 0.663. The number of pyridine rings is 1. The van der Waals surface area contributed by atoms with Crippen molar-refractivity contribution < 1.29 is 13.2 Å². The summed E-state index contributed by atoms with van der Waals surface area (Å²) in [6, 6.07) is 18.8. The number of hydrogen-bond acceptors (Lipinski definition) is 1. The van der Waals surface area contributed by atoms with Crippen molar-refractivity contribution in [3.8, 4) is 0 Å². The molecule has 1 nitrogen and oxygen atoms in total. The molecule has 2 aromatic carbocycles. The summed E-state index contributed by atoms with van der Waals surface area (Å²) in [6.45, 7) is 0. The lowest BCUT2D eigenvalue weighted by molar-refractivity contribution is -0.141. The Bertz CT molecular complexity index is 751. The summed E-state index contributed by atoms with van der Waals surface area (Å²) < 4.78 is 40.3. The minimum absolute atomic E-state index is 0.00685. The number of alkyl halides is 3. The number of nitrogens with zero attached hydrogens (tertiary/aromatic N) is 1. The van der Waals surface area contributed by atoms with Crippen LogP contribution in [0.15, 0.2) is 60.7 Å². The highest BCUT2D eigenvalue weighted by Gasteiger charge is 2.42. The molecule has 0 aliphatic rings. The van der Waals surface area contributed by atoms with E-state index in [-0.39, 0.29) is 11.3 Å². The first kappa shape index (κ1) is 13.6. The van der Waals surface area contributed by atoms with E-state index in [1.807, 2.05) is 0 Å². The number of halogens is 3. The van der Waals surface area contributed by atoms with Crippen LogP contribution in [-0.2, 0) is 0 Å². The maximum atomic E-state index is 13.4. The van der Waals surface area contributed by atoms with E-state index in [4.69, 9.17) is 0 Å². The Labute approximate surface area is 120 Å². The first-order valence-electron chi connectivity index (χ1n) is 6.44. The predicted molar refractivity (Wildman–Crippen MR) is 74.9 cm³/mol. The van der Waals surface area contributed by atoms with Gasteiger partial charge >= 0.3 is 6.18 Å². The SMILES string of the molecule is FC(F)(F)C(c1ccccc1)c1ccc2c[c]ccc2n1. The van der Waals surface area contributed by atoms with E-state index in [2.05, 4.69) is 11.1 Å². The Kier molecular flexibility index (Phi) is 3.37. The maximum Gasteiger partial charge on any atom is 0.401 e. The molecule has 0 saturated carbocycles. The van der Waals surface area contributed by atoms with Crippen LogP contribution in [0.2, 0.25) is 0 Å². The van der Waals surface area contributed by atoms with Gasteiger partial charge in [-0.3, -0.25) is 4.98 Å². The average Bonchev–Trinajstić information content (AvgIpc) is 2.47. The summed E-state index contributed by atoms with van der Waals surface area (Å²) in [5, 5.41) is 0.773. The summed E-state index contributed by atoms with van der Waals surface area (Å²) in [7, 11) is 0. The van der Waals surface area contributed by atoms with Crippen molar-refractivity contribution in [1.82, 2.24) is 4.98 Å². The molecule has 3 aromatic rings. The molecule has 0 bridgehead atoms. The minimum atomic E-state index is -4.39. The first-order valence-corrected chi connectivity index (χ1v) is 6.44. The molecule has 0 fully saturated rings. The van der Waals surface area contributed by atoms with Crippen molar-refractivity contribution in [1.29, 1.82) is 0 Å². The van der Waals surface area contributed by atoms with Crippen LogP contribution in [0.4, 0.5) is 13.2 Å². The molecule has 0 N–H and O–H groups in total. The zero-order valence-corrected chi connectivity index (χ0v) is 10.9. The van der Waals surface area contributed by atoms with Crippen molar-refractivity contribution >= 4 is 10.9 Å². The van der Waals surface area contributed by atoms with Crippen LogP contribution in [0.3, 0.4) is 0 Å². The molecular formula is C17H11F3N. The van der Waals surface area contributed by atoms with Crippen molar-refractivity contribution in [3.63, 3.8) is 0 Å². The Morgan fingerprint density at radius 3 is 2.43 bits per heavy atom. The molecule has 3 rings (SSSR count). The molecule has 1 heterocycles. The van der Waals surface area contributed by atoms with Crippen LogP contribution in [0, 0.1) is 6.07 Å². The van der Waals surface area contributed by atoms with Gasteiger partial charge < -0.3 is 0 Å². The lowest BCUT2D eigenvalue weighted by atomic mass is 9.94. The van der Waals surface area contributed by atoms with Crippen LogP contribution in [-0.4, -0.2) is 11.2 Å². The minimum Gasteiger partial charge on any atom is -0.252 e. The van der Waals surface area contributed by atoms with E-state index < -0.39 is 12.1 Å². The lowest BCUT2D eigenvalue weighted by Crippen LogP contribution is -2.23. The monoisotopic (exact) mass is 286 g/mol. The fourth-order valence-corrected chi connectivity index (χ4v) is 2.36. The second-order valence-corrected chi connectivity index (χ2v) is 4.74. The standard InChI is InChI=1S/C17H11F3N/c18-17(19,20)16(13-7-2-1-3-8-13)15-11-10-12-6-4-5-9-14(12)21-15/h1-3,5-11,16H. The van der Waals surface area contributed by atoms with Crippen LogP contribution in [0.5, 0.6) is 0 Å². The van der Waals surface area contributed by atoms with Gasteiger partial charge in [-0.15, -0.1) is 0 Å². The molecule has 21 heavy (non-hydrogen) atoms. The van der Waals surface area contributed by atoms with Crippen molar-refractivity contribution in [2.45, 2.75) is 12.1 Å². The normalized spacial score (nSPS) is 13.3. The maximum absolute atomic E-state index is 13.4. The Hall–Kier alpha value is -2.36. The van der Waals surface area contributed by atoms with E-state index in [9.17, 15) is 13.2 Å². The number of rotatable bonds is 2. The number of fused-ring (bicyclic) bond motifs is 1. The fourth-order valence-electron chi connectivity index (χ4n) is 2.36. The Balaban J connectivity index is 2.15. The van der Waals surface area contributed by atoms with E-state index >= 15 is 0 Å². The van der Waals surface area contributed by atoms with Gasteiger partial charge in [0.1, 0.15) is 5.92 Å². The summed E-state index contributed by atoms with van der Waals surface area (Å²) in [4.78, 5) is 4.18. The molecule has 1 aromatic heterocycles. The van der Waals surface area contributed by atoms with Crippen LogP contribution < -0.4 is 0 Å². The van der Waals surface area contributed by atoms with Gasteiger partial charge in [0.15, 0.2) is 0 Å². The summed E-state index contributed by atoms with van der Waals surface area (Å²) in [5.41, 5.74) is 0.739. The lowest BCUT2D eigenvalue weighted by Gasteiger charge is -2.20. The van der Waals surface area contributed by atoms with E-state index in [0.717, 1.165) is 5.39 Å². The second kappa shape index (κ2) is 5.20. The smallest absolute Gasteiger partial charge is 0.252 e. The molecule has 0 aliphatic heterocycles. The second-order valence-electron chi connectivity index (χ2n) is 4.74. The molecule has 105 valence electrons. The third-order valence-electron chi connectivity index (χ3n) is 3.31. The molecule has 0 aliphatic carbocycles. The summed E-state index contributed by atoms with van der Waals surface area (Å²) in [5.74, 6) is -1.72. The molecule has 4 heteroatoms. The van der Waals surface area contributed by atoms with Crippen LogP contribution >= 0.6 is 0 Å². The van der Waals surface area contributed by atoms with Gasteiger partial charge in [0.05, 0.1) is 11.2 Å². The molecule has 1 unspecified atom stereocenters. The van der Waals surface area contributed by atoms with E-state index in [0.29, 0.717) is 5.52 Å². The van der Waals surface area contributed by atoms with Crippen molar-refractivity contribution in [3.05, 3.63) is 78.0 Å². The molecule has 0 amide bonds. The third kappa shape index (κ3) is 2.75. The predicted octanol–water partition coefficient (Wildman–Crippen LogP) is 4.73. The fraction of sp³-hybridized carbons (Fsp3) is 0.118. The Morgan fingerprint density at radius 2 is 1.71 bits per heavy atom. The summed E-state index contributed by atoms with van der Waals surface area (Å²) in [6.07, 6.45) is -4.39. The largest absolute Gasteiger partial charge is 0.401 e. The zero-order valence-electron chi connectivity index (χ0n) is 10.9. The van der Waals surface area contributed by atoms with Gasteiger partial charge in [0.25, 0.3) is 0 Å². The summed E-state index contributed by atoms with van der Waals surface area (Å²) >= 11 is 0. The van der Waals surface area contributed by atoms with Crippen LogP contribution in [0.25, 0.3) is 10.9 Å². The number of benzene rings is 2. The van der Waals surface area contributed by atoms with Gasteiger partial charge in [-0.25, -0.2) is 0 Å². The van der Waals surface area contributed by atoms with Gasteiger partial charge in [-0.05, 0) is 29.8 Å². The molecule has 0 saturated heterocycles. The molecule has 0 spiro atoms. The number of hydrogen-bond donors (Lipinski definition) is 0. The average molecular weight is 286 g/mol. The van der Waals surface area contributed by atoms with Gasteiger partial charge in [-0.1, -0.05) is 42.5 Å². The molecule has 1 atom stereocenters. The highest BCUT2D eigenvalue weighted by molar-refractivity contribution is 5.78. The van der Waals surface area contributed by atoms with Crippen molar-refractivity contribution in [2.24, 2.45) is 0 Å². The van der Waals surface area contributed by atoms with Gasteiger partial charge in [0, 0.05) is 5.39 Å². The van der Waals surface area contributed by atoms with E-state index in [1.54, 1.807) is 42.5 Å². The highest BCUT2D eigenvalue weighted by atomic mass is 19.4.